The van der Waals surface area contributed by atoms with Crippen LogP contribution in [0.5, 0.6) is 0 Å². The van der Waals surface area contributed by atoms with Crippen molar-refractivity contribution in [1.29, 1.82) is 0 Å². The molecule has 0 amide bonds. The van der Waals surface area contributed by atoms with Gasteiger partial charge < -0.3 is 4.42 Å². The van der Waals surface area contributed by atoms with Crippen molar-refractivity contribution in [3.8, 4) is 11.5 Å². The van der Waals surface area contributed by atoms with E-state index in [9.17, 15) is 31.1 Å². The molecule has 0 N–H and O–H groups in total. The van der Waals surface area contributed by atoms with E-state index in [1.54, 1.807) is 6.07 Å². The number of fused-ring (bicyclic) bond motifs is 1. The minimum atomic E-state index is -4.31. The summed E-state index contributed by atoms with van der Waals surface area (Å²) in [6, 6.07) is 5.39. The molecule has 0 unspecified atom stereocenters. The van der Waals surface area contributed by atoms with Gasteiger partial charge in [-0.15, -0.1) is 10.2 Å². The van der Waals surface area contributed by atoms with Crippen LogP contribution in [0.3, 0.4) is 0 Å². The number of piperidine rings is 1. The van der Waals surface area contributed by atoms with Crippen molar-refractivity contribution in [3.63, 3.8) is 0 Å². The molecule has 8 nitrogen and oxygen atoms in total. The Balaban J connectivity index is 1.44. The van der Waals surface area contributed by atoms with Gasteiger partial charge in [0.1, 0.15) is 5.82 Å². The second kappa shape index (κ2) is 10.2. The van der Waals surface area contributed by atoms with Crippen LogP contribution in [-0.4, -0.2) is 55.0 Å². The molecule has 1 aliphatic rings. The lowest BCUT2D eigenvalue weighted by molar-refractivity contribution is -0.148. The fourth-order valence-corrected chi connectivity index (χ4v) is 4.94. The maximum atomic E-state index is 14.5. The molecule has 1 aromatic carbocycles. The molecule has 202 valence electrons. The van der Waals surface area contributed by atoms with Crippen molar-refractivity contribution in [2.24, 2.45) is 0 Å². The largest absolute Gasteiger partial charge is 0.415 e. The predicted molar refractivity (Wildman–Crippen MR) is 126 cm³/mol. The Morgan fingerprint density at radius 2 is 1.84 bits per heavy atom. The van der Waals surface area contributed by atoms with E-state index in [-0.39, 0.29) is 36.0 Å². The fourth-order valence-electron chi connectivity index (χ4n) is 4.61. The van der Waals surface area contributed by atoms with Crippen molar-refractivity contribution < 1.29 is 30.8 Å². The minimum absolute atomic E-state index is 0.0390. The van der Waals surface area contributed by atoms with Crippen molar-refractivity contribution in [1.82, 2.24) is 29.2 Å². The maximum absolute atomic E-state index is 14.5. The predicted octanol–water partition coefficient (Wildman–Crippen LogP) is 5.33. The van der Waals surface area contributed by atoms with Gasteiger partial charge in [-0.3, -0.25) is 19.0 Å². The third-order valence-corrected chi connectivity index (χ3v) is 6.96. The first-order valence-electron chi connectivity index (χ1n) is 11.5. The summed E-state index contributed by atoms with van der Waals surface area (Å²) >= 11 is 3.15. The van der Waals surface area contributed by atoms with E-state index in [1.807, 2.05) is 0 Å². The Labute approximate surface area is 219 Å². The van der Waals surface area contributed by atoms with E-state index in [1.165, 1.54) is 38.4 Å². The monoisotopic (exact) mass is 604 g/mol. The van der Waals surface area contributed by atoms with Gasteiger partial charge >= 0.3 is 18.3 Å². The number of hydrogen-bond acceptors (Lipinski definition) is 6. The first-order chi connectivity index (χ1) is 18.0. The zero-order valence-corrected chi connectivity index (χ0v) is 21.0. The third kappa shape index (κ3) is 5.34. The summed E-state index contributed by atoms with van der Waals surface area (Å²) in [4.78, 5) is 19.1. The van der Waals surface area contributed by atoms with Crippen LogP contribution in [-0.2, 0) is 6.54 Å². The van der Waals surface area contributed by atoms with Gasteiger partial charge in [-0.1, -0.05) is 0 Å². The van der Waals surface area contributed by atoms with Gasteiger partial charge in [-0.2, -0.15) is 22.0 Å². The summed E-state index contributed by atoms with van der Waals surface area (Å²) in [6.07, 6.45) is -5.25. The number of likely N-dealkylation sites (tertiary alicyclic amines) is 1. The zero-order chi connectivity index (χ0) is 27.2. The van der Waals surface area contributed by atoms with E-state index in [4.69, 9.17) is 4.42 Å². The quantitative estimate of drug-likeness (QED) is 0.277. The molecule has 0 bridgehead atoms. The van der Waals surface area contributed by atoms with Gasteiger partial charge in [-0.05, 0) is 47.0 Å². The first kappa shape index (κ1) is 26.4. The number of hydrogen-bond donors (Lipinski definition) is 0. The van der Waals surface area contributed by atoms with Gasteiger partial charge in [0.2, 0.25) is 5.89 Å². The molecule has 1 fully saturated rings. The molecule has 15 heteroatoms. The Morgan fingerprint density at radius 1 is 1.11 bits per heavy atom. The zero-order valence-electron chi connectivity index (χ0n) is 19.4. The van der Waals surface area contributed by atoms with Crippen molar-refractivity contribution in [2.75, 3.05) is 19.6 Å². The molecule has 38 heavy (non-hydrogen) atoms. The molecule has 1 saturated heterocycles. The van der Waals surface area contributed by atoms with E-state index in [0.717, 1.165) is 0 Å². The van der Waals surface area contributed by atoms with E-state index in [2.05, 4.69) is 31.1 Å². The Kier molecular flexibility index (Phi) is 7.07. The number of alkyl halides is 5. The highest BCUT2D eigenvalue weighted by molar-refractivity contribution is 9.10. The summed E-state index contributed by atoms with van der Waals surface area (Å²) in [5.74, 6) is -1.55. The molecule has 1 aliphatic heterocycles. The molecular weight excluding hydrogens is 586 g/mol. The lowest BCUT2D eigenvalue weighted by Gasteiger charge is -2.32. The SMILES string of the molecule is O=c1n(Cc2ccc(-c3nnc(C(F)F)o3)cn2)c2cc(F)c(Br)cc2n1C1CCN(CC(F)(F)F)CC1. The van der Waals surface area contributed by atoms with Gasteiger partial charge in [0, 0.05) is 31.4 Å². The van der Waals surface area contributed by atoms with E-state index in [0.29, 0.717) is 35.1 Å². The van der Waals surface area contributed by atoms with Crippen LogP contribution in [0.4, 0.5) is 26.3 Å². The summed E-state index contributed by atoms with van der Waals surface area (Å²) < 4.78 is 86.2. The van der Waals surface area contributed by atoms with Gasteiger partial charge in [0.15, 0.2) is 0 Å². The van der Waals surface area contributed by atoms with Gasteiger partial charge in [0.05, 0.1) is 39.9 Å². The van der Waals surface area contributed by atoms with Gasteiger partial charge in [0.25, 0.3) is 5.89 Å². The number of aromatic nitrogens is 5. The first-order valence-corrected chi connectivity index (χ1v) is 12.2. The molecule has 4 aromatic rings. The second-order valence-corrected chi connectivity index (χ2v) is 9.75. The smallest absolute Gasteiger partial charge is 0.401 e. The second-order valence-electron chi connectivity index (χ2n) is 8.90. The van der Waals surface area contributed by atoms with E-state index >= 15 is 0 Å². The topological polar surface area (TPSA) is 82.0 Å². The molecule has 0 aliphatic carbocycles. The van der Waals surface area contributed by atoms with E-state index < -0.39 is 36.5 Å². The molecular formula is C23H19BrF6N6O2. The fraction of sp³-hybridized carbons (Fsp3) is 0.391. The number of pyridine rings is 1. The summed E-state index contributed by atoms with van der Waals surface area (Å²) in [5, 5.41) is 6.84. The molecule has 0 radical (unpaired) electrons. The number of benzene rings is 1. The minimum Gasteiger partial charge on any atom is -0.415 e. The summed E-state index contributed by atoms with van der Waals surface area (Å²) in [5.41, 5.74) is 1.00. The molecule has 0 spiro atoms. The van der Waals surface area contributed by atoms with Crippen LogP contribution in [0.15, 0.2) is 44.1 Å². The van der Waals surface area contributed by atoms with Crippen LogP contribution in [0, 0.1) is 5.82 Å². The number of halogens is 7. The van der Waals surface area contributed by atoms with Crippen LogP contribution in [0.1, 0.15) is 36.9 Å². The number of nitrogens with zero attached hydrogens (tertiary/aromatic N) is 6. The normalized spacial score (nSPS) is 15.7. The third-order valence-electron chi connectivity index (χ3n) is 6.35. The van der Waals surface area contributed by atoms with Crippen molar-refractivity contribution >= 4 is 27.0 Å². The number of rotatable bonds is 6. The highest BCUT2D eigenvalue weighted by atomic mass is 79.9. The van der Waals surface area contributed by atoms with Crippen LogP contribution in [0.2, 0.25) is 0 Å². The maximum Gasteiger partial charge on any atom is 0.401 e. The average Bonchev–Trinajstić information content (AvgIpc) is 3.44. The van der Waals surface area contributed by atoms with Crippen LogP contribution in [0.25, 0.3) is 22.5 Å². The molecule has 0 atom stereocenters. The van der Waals surface area contributed by atoms with Crippen LogP contribution < -0.4 is 5.69 Å². The highest BCUT2D eigenvalue weighted by Crippen LogP contribution is 2.30. The Bertz CT molecular complexity index is 1510. The van der Waals surface area contributed by atoms with Crippen LogP contribution >= 0.6 is 15.9 Å². The highest BCUT2D eigenvalue weighted by Gasteiger charge is 2.34. The lowest BCUT2D eigenvalue weighted by Crippen LogP contribution is -2.42. The molecule has 3 aromatic heterocycles. The molecule has 4 heterocycles. The molecule has 5 rings (SSSR count). The Hall–Kier alpha value is -3.20. The van der Waals surface area contributed by atoms with Crippen molar-refractivity contribution in [2.45, 2.75) is 38.0 Å². The average molecular weight is 605 g/mol. The standard InChI is InChI=1S/C23H19BrF6N6O2/c24-15-7-18-17(8-16(15)25)35(22(37)36(18)14-3-5-34(6-4-14)11-23(28,29)30)10-13-2-1-12(9-31-13)20-32-33-21(38-20)19(26)27/h1-2,7-9,14,19H,3-6,10-11H2. The Morgan fingerprint density at radius 3 is 2.45 bits per heavy atom. The lowest BCUT2D eigenvalue weighted by atomic mass is 10.0. The summed E-state index contributed by atoms with van der Waals surface area (Å²) in [7, 11) is 0. The van der Waals surface area contributed by atoms with Gasteiger partial charge in [-0.25, -0.2) is 9.18 Å². The van der Waals surface area contributed by atoms with Crippen molar-refractivity contribution in [3.05, 3.63) is 62.8 Å². The summed E-state index contributed by atoms with van der Waals surface area (Å²) in [6.45, 7) is -0.722. The molecule has 0 saturated carbocycles. The number of imidazole rings is 1.